The van der Waals surface area contributed by atoms with E-state index in [4.69, 9.17) is 0 Å². The van der Waals surface area contributed by atoms with Crippen molar-refractivity contribution < 1.29 is 4.79 Å². The molecule has 0 aliphatic rings. The molecule has 0 fully saturated rings. The number of carbonyl (C=O) groups is 1. The van der Waals surface area contributed by atoms with Crippen LogP contribution in [-0.4, -0.2) is 16.8 Å². The van der Waals surface area contributed by atoms with Crippen LogP contribution in [0.2, 0.25) is 0 Å². The minimum Gasteiger partial charge on any atom is -0.347 e. The Bertz CT molecular complexity index is 397. The van der Waals surface area contributed by atoms with Gasteiger partial charge in [0.2, 0.25) is 0 Å². The Labute approximate surface area is 125 Å². The van der Waals surface area contributed by atoms with E-state index in [1.54, 1.807) is 0 Å². The van der Waals surface area contributed by atoms with Crippen molar-refractivity contribution in [3.05, 3.63) is 33.4 Å². The monoisotopic (exact) mass is 409 g/mol. The molecule has 1 unspecified atom stereocenters. The van der Waals surface area contributed by atoms with Crippen molar-refractivity contribution in [1.29, 1.82) is 0 Å². The molecular formula is C13H17BrINO. The van der Waals surface area contributed by atoms with E-state index in [0.717, 1.165) is 27.3 Å². The van der Waals surface area contributed by atoms with Crippen LogP contribution in [0.5, 0.6) is 0 Å². The van der Waals surface area contributed by atoms with Crippen molar-refractivity contribution >= 4 is 44.4 Å². The topological polar surface area (TPSA) is 29.1 Å². The molecule has 0 aliphatic heterocycles. The van der Waals surface area contributed by atoms with E-state index in [1.165, 1.54) is 0 Å². The van der Waals surface area contributed by atoms with Crippen LogP contribution in [0.25, 0.3) is 0 Å². The molecule has 1 amide bonds. The average molecular weight is 410 g/mol. The number of nitrogens with one attached hydrogen (secondary N) is 1. The Balaban J connectivity index is 2.77. The molecule has 0 spiro atoms. The van der Waals surface area contributed by atoms with Gasteiger partial charge in [0, 0.05) is 20.0 Å². The van der Waals surface area contributed by atoms with Gasteiger partial charge in [-0.15, -0.1) is 0 Å². The van der Waals surface area contributed by atoms with Crippen molar-refractivity contribution in [2.24, 2.45) is 0 Å². The highest BCUT2D eigenvalue weighted by Crippen LogP contribution is 2.17. The number of hydrogen-bond acceptors (Lipinski definition) is 1. The Morgan fingerprint density at radius 3 is 2.76 bits per heavy atom. The van der Waals surface area contributed by atoms with Crippen molar-refractivity contribution in [3.8, 4) is 0 Å². The molecule has 2 nitrogen and oxygen atoms in total. The molecule has 94 valence electrons. The lowest BCUT2D eigenvalue weighted by atomic mass is 9.95. The van der Waals surface area contributed by atoms with E-state index in [1.807, 2.05) is 24.3 Å². The van der Waals surface area contributed by atoms with Crippen molar-refractivity contribution in [2.75, 3.05) is 5.33 Å². The zero-order valence-electron chi connectivity index (χ0n) is 10.1. The summed E-state index contributed by atoms with van der Waals surface area (Å²) in [5.41, 5.74) is 0.591. The molecule has 0 radical (unpaired) electrons. The zero-order valence-corrected chi connectivity index (χ0v) is 13.8. The van der Waals surface area contributed by atoms with Gasteiger partial charge in [0.05, 0.1) is 0 Å². The summed E-state index contributed by atoms with van der Waals surface area (Å²) >= 11 is 5.65. The molecule has 0 bridgehead atoms. The fourth-order valence-electron chi connectivity index (χ4n) is 1.51. The minimum absolute atomic E-state index is 0.00816. The number of rotatable bonds is 5. The summed E-state index contributed by atoms with van der Waals surface area (Å²) in [6, 6.07) is 7.64. The number of halogens is 2. The smallest absolute Gasteiger partial charge is 0.251 e. The third-order valence-corrected chi connectivity index (χ3v) is 4.00. The Morgan fingerprint density at radius 2 is 2.24 bits per heavy atom. The SMILES string of the molecule is CCC(C)(CCBr)NC(=O)c1cccc(I)c1. The number of alkyl halides is 1. The molecule has 1 N–H and O–H groups in total. The largest absolute Gasteiger partial charge is 0.347 e. The predicted octanol–water partition coefficient (Wildman–Crippen LogP) is 3.97. The van der Waals surface area contributed by atoms with E-state index in [2.05, 4.69) is 57.7 Å². The highest BCUT2D eigenvalue weighted by molar-refractivity contribution is 14.1. The molecular weight excluding hydrogens is 393 g/mol. The van der Waals surface area contributed by atoms with E-state index in [9.17, 15) is 4.79 Å². The number of benzene rings is 1. The fourth-order valence-corrected chi connectivity index (χ4v) is 2.93. The maximum Gasteiger partial charge on any atom is 0.251 e. The highest BCUT2D eigenvalue weighted by Gasteiger charge is 2.23. The van der Waals surface area contributed by atoms with Crippen LogP contribution in [0.15, 0.2) is 24.3 Å². The first-order chi connectivity index (χ1) is 8.00. The Hall–Kier alpha value is -0.100. The van der Waals surface area contributed by atoms with Gasteiger partial charge in [0.1, 0.15) is 0 Å². The molecule has 0 aromatic heterocycles. The summed E-state index contributed by atoms with van der Waals surface area (Å²) in [5, 5.41) is 4.01. The molecule has 1 rings (SSSR count). The lowest BCUT2D eigenvalue weighted by Gasteiger charge is -2.29. The van der Waals surface area contributed by atoms with Gasteiger partial charge in [-0.2, -0.15) is 0 Å². The first-order valence-electron chi connectivity index (χ1n) is 5.65. The summed E-state index contributed by atoms with van der Waals surface area (Å²) in [6.07, 6.45) is 1.85. The number of carbonyl (C=O) groups excluding carboxylic acids is 1. The first kappa shape index (κ1) is 15.0. The highest BCUT2D eigenvalue weighted by atomic mass is 127. The lowest BCUT2D eigenvalue weighted by Crippen LogP contribution is -2.45. The van der Waals surface area contributed by atoms with E-state index in [-0.39, 0.29) is 11.4 Å². The standard InChI is InChI=1S/C13H17BrINO/c1-3-13(2,7-8-14)16-12(17)10-5-4-6-11(15)9-10/h4-6,9H,3,7-8H2,1-2H3,(H,16,17). The van der Waals surface area contributed by atoms with Crippen LogP contribution in [0.1, 0.15) is 37.0 Å². The number of hydrogen-bond donors (Lipinski definition) is 1. The van der Waals surface area contributed by atoms with E-state index < -0.39 is 0 Å². The Kier molecular flexibility index (Phi) is 5.92. The van der Waals surface area contributed by atoms with Gasteiger partial charge < -0.3 is 5.32 Å². The molecule has 4 heteroatoms. The van der Waals surface area contributed by atoms with Gasteiger partial charge in [-0.25, -0.2) is 0 Å². The maximum absolute atomic E-state index is 12.1. The summed E-state index contributed by atoms with van der Waals surface area (Å²) in [5.74, 6) is 0.00816. The van der Waals surface area contributed by atoms with Crippen LogP contribution in [-0.2, 0) is 0 Å². The third-order valence-electron chi connectivity index (χ3n) is 2.93. The molecule has 1 atom stereocenters. The average Bonchev–Trinajstić information content (AvgIpc) is 2.29. The molecule has 0 saturated heterocycles. The zero-order chi connectivity index (χ0) is 12.9. The van der Waals surface area contributed by atoms with Crippen molar-refractivity contribution in [2.45, 2.75) is 32.2 Å². The van der Waals surface area contributed by atoms with Gasteiger partial charge >= 0.3 is 0 Å². The van der Waals surface area contributed by atoms with Crippen LogP contribution in [0.3, 0.4) is 0 Å². The van der Waals surface area contributed by atoms with Gasteiger partial charge in [0.15, 0.2) is 0 Å². The van der Waals surface area contributed by atoms with Gasteiger partial charge in [-0.1, -0.05) is 28.9 Å². The number of amides is 1. The van der Waals surface area contributed by atoms with Gasteiger partial charge in [0.25, 0.3) is 5.91 Å². The van der Waals surface area contributed by atoms with Crippen LogP contribution in [0.4, 0.5) is 0 Å². The summed E-state index contributed by atoms with van der Waals surface area (Å²) in [7, 11) is 0. The third kappa shape index (κ3) is 4.58. The van der Waals surface area contributed by atoms with E-state index in [0.29, 0.717) is 0 Å². The molecule has 0 saturated carbocycles. The summed E-state index contributed by atoms with van der Waals surface area (Å²) in [4.78, 5) is 12.1. The summed E-state index contributed by atoms with van der Waals surface area (Å²) < 4.78 is 1.08. The lowest BCUT2D eigenvalue weighted by molar-refractivity contribution is 0.0902. The molecule has 0 heterocycles. The van der Waals surface area contributed by atoms with E-state index >= 15 is 0 Å². The van der Waals surface area contributed by atoms with Gasteiger partial charge in [-0.3, -0.25) is 4.79 Å². The molecule has 17 heavy (non-hydrogen) atoms. The van der Waals surface area contributed by atoms with Gasteiger partial charge in [-0.05, 0) is 60.6 Å². The normalized spacial score (nSPS) is 14.1. The van der Waals surface area contributed by atoms with Crippen LogP contribution in [0, 0.1) is 3.57 Å². The second kappa shape index (κ2) is 6.73. The first-order valence-corrected chi connectivity index (χ1v) is 7.85. The van der Waals surface area contributed by atoms with Crippen LogP contribution >= 0.6 is 38.5 Å². The van der Waals surface area contributed by atoms with Crippen molar-refractivity contribution in [1.82, 2.24) is 5.32 Å². The molecule has 0 aliphatic carbocycles. The Morgan fingerprint density at radius 1 is 1.53 bits per heavy atom. The minimum atomic E-state index is -0.137. The predicted molar refractivity (Wildman–Crippen MR) is 83.7 cm³/mol. The molecule has 1 aromatic rings. The van der Waals surface area contributed by atoms with Crippen LogP contribution < -0.4 is 5.32 Å². The molecule has 1 aromatic carbocycles. The van der Waals surface area contributed by atoms with Crippen molar-refractivity contribution in [3.63, 3.8) is 0 Å². The second-order valence-corrected chi connectivity index (χ2v) is 6.36. The second-order valence-electron chi connectivity index (χ2n) is 4.32. The quantitative estimate of drug-likeness (QED) is 0.578. The maximum atomic E-state index is 12.1. The summed E-state index contributed by atoms with van der Waals surface area (Å²) in [6.45, 7) is 4.18. The fraction of sp³-hybridized carbons (Fsp3) is 0.462.